The van der Waals surface area contributed by atoms with Crippen LogP contribution in [0.15, 0.2) is 10.6 Å². The summed E-state index contributed by atoms with van der Waals surface area (Å²) >= 11 is 0. The number of nitrogens with zero attached hydrogens (tertiary/aromatic N) is 2. The third kappa shape index (κ3) is 3.33. The first-order valence-corrected chi connectivity index (χ1v) is 6.59. The normalized spacial score (nSPS) is 23.3. The molecule has 1 aromatic rings. The lowest BCUT2D eigenvalue weighted by Gasteiger charge is -2.33. The van der Waals surface area contributed by atoms with E-state index in [0.717, 1.165) is 25.7 Å². The highest BCUT2D eigenvalue weighted by Crippen LogP contribution is 2.22. The van der Waals surface area contributed by atoms with Crippen molar-refractivity contribution in [1.29, 1.82) is 0 Å². The first kappa shape index (κ1) is 14.0. The number of ether oxygens (including phenoxy) is 1. The number of aromatic nitrogens is 1. The fourth-order valence-electron chi connectivity index (χ4n) is 2.46. The van der Waals surface area contributed by atoms with Gasteiger partial charge in [-0.15, -0.1) is 0 Å². The molecule has 1 heterocycles. The summed E-state index contributed by atoms with van der Waals surface area (Å²) in [6, 6.07) is 2.16. The van der Waals surface area contributed by atoms with Crippen LogP contribution >= 0.6 is 0 Å². The van der Waals surface area contributed by atoms with Crippen molar-refractivity contribution < 1.29 is 14.1 Å². The molecule has 0 bridgehead atoms. The second kappa shape index (κ2) is 6.16. The quantitative estimate of drug-likeness (QED) is 0.885. The highest BCUT2D eigenvalue weighted by Gasteiger charge is 2.27. The first-order chi connectivity index (χ1) is 9.11. The Morgan fingerprint density at radius 2 is 2.21 bits per heavy atom. The van der Waals surface area contributed by atoms with Crippen LogP contribution in [0.25, 0.3) is 0 Å². The van der Waals surface area contributed by atoms with E-state index in [1.54, 1.807) is 18.1 Å². The van der Waals surface area contributed by atoms with Gasteiger partial charge in [-0.1, -0.05) is 5.16 Å². The van der Waals surface area contributed by atoms with Crippen LogP contribution in [0.3, 0.4) is 0 Å². The number of rotatable bonds is 4. The fourth-order valence-corrected chi connectivity index (χ4v) is 2.46. The van der Waals surface area contributed by atoms with Gasteiger partial charge in [-0.3, -0.25) is 4.79 Å². The van der Waals surface area contributed by atoms with E-state index in [1.807, 2.05) is 7.05 Å². The molecule has 0 unspecified atom stereocenters. The summed E-state index contributed by atoms with van der Waals surface area (Å²) in [6.45, 7) is 0.322. The molecule has 6 heteroatoms. The molecule has 1 saturated carbocycles. The van der Waals surface area contributed by atoms with Gasteiger partial charge in [-0.05, 0) is 25.7 Å². The van der Waals surface area contributed by atoms with E-state index in [0.29, 0.717) is 18.1 Å². The van der Waals surface area contributed by atoms with Gasteiger partial charge in [0, 0.05) is 32.3 Å². The lowest BCUT2D eigenvalue weighted by atomic mass is 9.91. The zero-order valence-corrected chi connectivity index (χ0v) is 11.5. The largest absolute Gasteiger partial charge is 0.377 e. The van der Waals surface area contributed by atoms with E-state index in [-0.39, 0.29) is 18.0 Å². The summed E-state index contributed by atoms with van der Waals surface area (Å²) < 4.78 is 9.98. The Kier molecular flexibility index (Phi) is 4.55. The van der Waals surface area contributed by atoms with Gasteiger partial charge in [-0.2, -0.15) is 0 Å². The van der Waals surface area contributed by atoms with E-state index in [4.69, 9.17) is 15.0 Å². The molecule has 106 valence electrons. The van der Waals surface area contributed by atoms with Crippen LogP contribution < -0.4 is 5.73 Å². The summed E-state index contributed by atoms with van der Waals surface area (Å²) in [7, 11) is 3.38. The first-order valence-electron chi connectivity index (χ1n) is 6.59. The SMILES string of the molecule is COCc1cc(C(=O)N(C)C2CCC(N)CC2)no1. The van der Waals surface area contributed by atoms with Crippen LogP contribution in [-0.4, -0.2) is 42.2 Å². The minimum atomic E-state index is -0.105. The maximum atomic E-state index is 12.3. The van der Waals surface area contributed by atoms with E-state index in [9.17, 15) is 4.79 Å². The van der Waals surface area contributed by atoms with Crippen LogP contribution in [0.1, 0.15) is 41.9 Å². The van der Waals surface area contributed by atoms with Crippen molar-refractivity contribution >= 4 is 5.91 Å². The Morgan fingerprint density at radius 1 is 1.53 bits per heavy atom. The molecule has 0 aromatic carbocycles. The van der Waals surface area contributed by atoms with Crippen LogP contribution in [-0.2, 0) is 11.3 Å². The van der Waals surface area contributed by atoms with Crippen molar-refractivity contribution in [3.05, 3.63) is 17.5 Å². The van der Waals surface area contributed by atoms with Crippen LogP contribution in [0.2, 0.25) is 0 Å². The number of carbonyl (C=O) groups is 1. The molecule has 1 aliphatic rings. The van der Waals surface area contributed by atoms with E-state index < -0.39 is 0 Å². The Hall–Kier alpha value is -1.40. The van der Waals surface area contributed by atoms with Crippen molar-refractivity contribution in [2.75, 3.05) is 14.2 Å². The van der Waals surface area contributed by atoms with Gasteiger partial charge in [-0.25, -0.2) is 0 Å². The topological polar surface area (TPSA) is 81.6 Å². The van der Waals surface area contributed by atoms with Crippen molar-refractivity contribution in [3.63, 3.8) is 0 Å². The lowest BCUT2D eigenvalue weighted by Crippen LogP contribution is -2.41. The van der Waals surface area contributed by atoms with E-state index >= 15 is 0 Å². The van der Waals surface area contributed by atoms with E-state index in [1.165, 1.54) is 0 Å². The molecule has 1 amide bonds. The summed E-state index contributed by atoms with van der Waals surface area (Å²) in [5, 5.41) is 3.79. The summed E-state index contributed by atoms with van der Waals surface area (Å²) in [5.74, 6) is 0.455. The molecule has 1 fully saturated rings. The molecular formula is C13H21N3O3. The number of amides is 1. The third-order valence-electron chi connectivity index (χ3n) is 3.67. The van der Waals surface area contributed by atoms with Crippen molar-refractivity contribution in [3.8, 4) is 0 Å². The predicted molar refractivity (Wildman–Crippen MR) is 69.5 cm³/mol. The van der Waals surface area contributed by atoms with Crippen molar-refractivity contribution in [2.24, 2.45) is 5.73 Å². The number of methoxy groups -OCH3 is 1. The molecule has 2 rings (SSSR count). The standard InChI is InChI=1S/C13H21N3O3/c1-16(10-5-3-9(14)4-6-10)13(17)12-7-11(8-18-2)19-15-12/h7,9-10H,3-6,8,14H2,1-2H3. The van der Waals surface area contributed by atoms with Gasteiger partial charge in [0.2, 0.25) is 0 Å². The van der Waals surface area contributed by atoms with Crippen LogP contribution in [0.5, 0.6) is 0 Å². The van der Waals surface area contributed by atoms with Gasteiger partial charge >= 0.3 is 0 Å². The molecule has 6 nitrogen and oxygen atoms in total. The third-order valence-corrected chi connectivity index (χ3v) is 3.67. The highest BCUT2D eigenvalue weighted by molar-refractivity contribution is 5.92. The minimum Gasteiger partial charge on any atom is -0.377 e. The molecule has 0 spiro atoms. The second-order valence-electron chi connectivity index (χ2n) is 5.10. The Labute approximate surface area is 112 Å². The smallest absolute Gasteiger partial charge is 0.276 e. The zero-order valence-electron chi connectivity index (χ0n) is 11.5. The number of nitrogens with two attached hydrogens (primary N) is 1. The Bertz CT molecular complexity index is 425. The average molecular weight is 267 g/mol. The van der Waals surface area contributed by atoms with Crippen LogP contribution in [0.4, 0.5) is 0 Å². The molecule has 19 heavy (non-hydrogen) atoms. The molecule has 0 atom stereocenters. The molecule has 0 saturated heterocycles. The number of hydrogen-bond acceptors (Lipinski definition) is 5. The van der Waals surface area contributed by atoms with Gasteiger partial charge in [0.1, 0.15) is 6.61 Å². The Balaban J connectivity index is 1.97. The zero-order chi connectivity index (χ0) is 13.8. The molecule has 0 radical (unpaired) electrons. The Morgan fingerprint density at radius 3 is 2.84 bits per heavy atom. The van der Waals surface area contributed by atoms with Gasteiger partial charge in [0.15, 0.2) is 11.5 Å². The number of hydrogen-bond donors (Lipinski definition) is 1. The fraction of sp³-hybridized carbons (Fsp3) is 0.692. The van der Waals surface area contributed by atoms with Gasteiger partial charge in [0.25, 0.3) is 5.91 Å². The minimum absolute atomic E-state index is 0.105. The highest BCUT2D eigenvalue weighted by atomic mass is 16.5. The monoisotopic (exact) mass is 267 g/mol. The predicted octanol–water partition coefficient (Wildman–Crippen LogP) is 1.16. The molecule has 1 aromatic heterocycles. The summed E-state index contributed by atoms with van der Waals surface area (Å²) in [4.78, 5) is 14.0. The second-order valence-corrected chi connectivity index (χ2v) is 5.10. The van der Waals surface area contributed by atoms with Crippen molar-refractivity contribution in [2.45, 2.75) is 44.4 Å². The number of carbonyl (C=O) groups excluding carboxylic acids is 1. The van der Waals surface area contributed by atoms with Gasteiger partial charge < -0.3 is 19.9 Å². The van der Waals surface area contributed by atoms with Gasteiger partial charge in [0.05, 0.1) is 0 Å². The molecule has 1 aliphatic carbocycles. The molecule has 0 aliphatic heterocycles. The maximum Gasteiger partial charge on any atom is 0.276 e. The van der Waals surface area contributed by atoms with Crippen LogP contribution in [0, 0.1) is 0 Å². The summed E-state index contributed by atoms with van der Waals surface area (Å²) in [5.41, 5.74) is 6.21. The lowest BCUT2D eigenvalue weighted by molar-refractivity contribution is 0.0679. The summed E-state index contributed by atoms with van der Waals surface area (Å²) in [6.07, 6.45) is 3.84. The average Bonchev–Trinajstić information content (AvgIpc) is 2.87. The van der Waals surface area contributed by atoms with E-state index in [2.05, 4.69) is 5.16 Å². The molecule has 2 N–H and O–H groups in total. The van der Waals surface area contributed by atoms with Crippen molar-refractivity contribution in [1.82, 2.24) is 10.1 Å². The maximum absolute atomic E-state index is 12.3. The molecular weight excluding hydrogens is 246 g/mol.